The molecule has 0 spiro atoms. The summed E-state index contributed by atoms with van der Waals surface area (Å²) in [5.74, 6) is 0.169. The van der Waals surface area contributed by atoms with Gasteiger partial charge in [0, 0.05) is 25.6 Å². The third kappa shape index (κ3) is 2.18. The molecule has 1 amide bonds. The molecule has 1 saturated heterocycles. The summed E-state index contributed by atoms with van der Waals surface area (Å²) in [5, 5.41) is 8.84. The quantitative estimate of drug-likeness (QED) is 0.813. The van der Waals surface area contributed by atoms with E-state index in [-0.39, 0.29) is 18.4 Å². The Hall–Kier alpha value is -0.940. The third-order valence-electron chi connectivity index (χ3n) is 2.44. The molecule has 0 saturated carbocycles. The number of carbonyl (C=O) groups excluding carboxylic acids is 1. The fourth-order valence-electron chi connectivity index (χ4n) is 1.54. The number of likely N-dealkylation sites (tertiary alicyclic amines) is 1. The molecule has 1 N–H and O–H groups in total. The molecule has 1 aromatic rings. The van der Waals surface area contributed by atoms with E-state index in [4.69, 9.17) is 5.11 Å². The van der Waals surface area contributed by atoms with Crippen molar-refractivity contribution in [2.24, 2.45) is 5.92 Å². The molecular weight excluding hydrogens is 260 g/mol. The number of carbonyl (C=O) groups is 1. The van der Waals surface area contributed by atoms with Crippen LogP contribution in [-0.4, -0.2) is 40.6 Å². The highest BCUT2D eigenvalue weighted by Gasteiger charge is 2.30. The first-order chi connectivity index (χ1) is 7.20. The van der Waals surface area contributed by atoms with Gasteiger partial charge in [0.15, 0.2) is 0 Å². The van der Waals surface area contributed by atoms with E-state index in [0.717, 1.165) is 0 Å². The summed E-state index contributed by atoms with van der Waals surface area (Å²) in [6.07, 6.45) is 0. The van der Waals surface area contributed by atoms with Gasteiger partial charge in [-0.1, -0.05) is 6.07 Å². The Morgan fingerprint density at radius 3 is 2.93 bits per heavy atom. The minimum Gasteiger partial charge on any atom is -0.396 e. The second-order valence-electron chi connectivity index (χ2n) is 3.60. The van der Waals surface area contributed by atoms with Crippen LogP contribution in [0.15, 0.2) is 22.8 Å². The molecule has 2 rings (SSSR count). The highest BCUT2D eigenvalue weighted by molar-refractivity contribution is 9.10. The van der Waals surface area contributed by atoms with E-state index in [1.807, 2.05) is 0 Å². The molecule has 0 bridgehead atoms. The number of aromatic nitrogens is 1. The Bertz CT molecular complexity index is 377. The van der Waals surface area contributed by atoms with Crippen molar-refractivity contribution < 1.29 is 9.90 Å². The molecule has 1 fully saturated rings. The van der Waals surface area contributed by atoms with E-state index < -0.39 is 0 Å². The molecule has 0 aromatic carbocycles. The van der Waals surface area contributed by atoms with Crippen molar-refractivity contribution >= 4 is 21.8 Å². The van der Waals surface area contributed by atoms with E-state index >= 15 is 0 Å². The normalized spacial score (nSPS) is 16.3. The Labute approximate surface area is 96.1 Å². The molecule has 0 aliphatic carbocycles. The van der Waals surface area contributed by atoms with E-state index in [9.17, 15) is 4.79 Å². The number of nitrogens with zero attached hydrogens (tertiary/aromatic N) is 2. The molecule has 0 radical (unpaired) electrons. The van der Waals surface area contributed by atoms with Gasteiger partial charge in [0.25, 0.3) is 5.91 Å². The lowest BCUT2D eigenvalue weighted by atomic mass is 10.0. The lowest BCUT2D eigenvalue weighted by molar-refractivity contribution is 0.0356. The van der Waals surface area contributed by atoms with Crippen LogP contribution in [0.5, 0.6) is 0 Å². The van der Waals surface area contributed by atoms with Gasteiger partial charge in [-0.3, -0.25) is 4.79 Å². The highest BCUT2D eigenvalue weighted by Crippen LogP contribution is 2.18. The van der Waals surface area contributed by atoms with Crippen molar-refractivity contribution in [1.82, 2.24) is 9.88 Å². The van der Waals surface area contributed by atoms with Crippen LogP contribution in [0, 0.1) is 5.92 Å². The summed E-state index contributed by atoms with van der Waals surface area (Å²) in [6.45, 7) is 1.41. The molecule has 1 aromatic heterocycles. The second kappa shape index (κ2) is 4.28. The van der Waals surface area contributed by atoms with Crippen LogP contribution < -0.4 is 0 Å². The molecule has 80 valence electrons. The van der Waals surface area contributed by atoms with Crippen molar-refractivity contribution in [2.75, 3.05) is 19.7 Å². The average Bonchev–Trinajstić information content (AvgIpc) is 2.16. The van der Waals surface area contributed by atoms with Crippen LogP contribution in [0.25, 0.3) is 0 Å². The molecule has 0 unspecified atom stereocenters. The number of hydrogen-bond acceptors (Lipinski definition) is 3. The SMILES string of the molecule is O=C(c1cccc(Br)n1)N1CC(CO)C1. The van der Waals surface area contributed by atoms with Gasteiger partial charge in [0.2, 0.25) is 0 Å². The maximum atomic E-state index is 11.8. The smallest absolute Gasteiger partial charge is 0.272 e. The number of rotatable bonds is 2. The predicted molar refractivity (Wildman–Crippen MR) is 58.4 cm³/mol. The number of pyridine rings is 1. The van der Waals surface area contributed by atoms with Crippen molar-refractivity contribution in [2.45, 2.75) is 0 Å². The topological polar surface area (TPSA) is 53.4 Å². The fraction of sp³-hybridized carbons (Fsp3) is 0.400. The van der Waals surface area contributed by atoms with E-state index in [1.54, 1.807) is 23.1 Å². The zero-order valence-electron chi connectivity index (χ0n) is 8.06. The minimum absolute atomic E-state index is 0.0685. The molecule has 0 atom stereocenters. The van der Waals surface area contributed by atoms with Crippen LogP contribution in [0.3, 0.4) is 0 Å². The zero-order chi connectivity index (χ0) is 10.8. The fourth-order valence-corrected chi connectivity index (χ4v) is 1.88. The van der Waals surface area contributed by atoms with Crippen LogP contribution in [0.2, 0.25) is 0 Å². The van der Waals surface area contributed by atoms with Gasteiger partial charge in [0.05, 0.1) is 0 Å². The second-order valence-corrected chi connectivity index (χ2v) is 4.42. The van der Waals surface area contributed by atoms with Gasteiger partial charge in [-0.15, -0.1) is 0 Å². The Morgan fingerprint density at radius 2 is 2.33 bits per heavy atom. The lowest BCUT2D eigenvalue weighted by Gasteiger charge is -2.37. The summed E-state index contributed by atoms with van der Waals surface area (Å²) in [5.41, 5.74) is 0.445. The largest absolute Gasteiger partial charge is 0.396 e. The molecular formula is C10H11BrN2O2. The summed E-state index contributed by atoms with van der Waals surface area (Å²) >= 11 is 3.22. The minimum atomic E-state index is -0.0685. The first-order valence-corrected chi connectivity index (χ1v) is 5.52. The van der Waals surface area contributed by atoms with Gasteiger partial charge in [-0.05, 0) is 28.1 Å². The highest BCUT2D eigenvalue weighted by atomic mass is 79.9. The van der Waals surface area contributed by atoms with Crippen LogP contribution in [0.4, 0.5) is 0 Å². The first kappa shape index (κ1) is 10.6. The number of aliphatic hydroxyl groups excluding tert-OH is 1. The summed E-state index contributed by atoms with van der Waals surface area (Å²) in [4.78, 5) is 17.6. The lowest BCUT2D eigenvalue weighted by Crippen LogP contribution is -2.51. The maximum Gasteiger partial charge on any atom is 0.272 e. The maximum absolute atomic E-state index is 11.8. The number of halogens is 1. The van der Waals surface area contributed by atoms with E-state index in [1.165, 1.54) is 0 Å². The monoisotopic (exact) mass is 270 g/mol. The Kier molecular flexibility index (Phi) is 3.02. The number of amides is 1. The average molecular weight is 271 g/mol. The van der Waals surface area contributed by atoms with Gasteiger partial charge in [-0.2, -0.15) is 0 Å². The molecule has 4 nitrogen and oxygen atoms in total. The standard InChI is InChI=1S/C10H11BrN2O2/c11-9-3-1-2-8(12-9)10(15)13-4-7(5-13)6-14/h1-3,7,14H,4-6H2. The molecule has 5 heteroatoms. The Morgan fingerprint density at radius 1 is 1.60 bits per heavy atom. The van der Waals surface area contributed by atoms with Crippen LogP contribution in [-0.2, 0) is 0 Å². The molecule has 1 aliphatic rings. The summed E-state index contributed by atoms with van der Waals surface area (Å²) in [7, 11) is 0. The zero-order valence-corrected chi connectivity index (χ0v) is 9.64. The molecule has 1 aliphatic heterocycles. The van der Waals surface area contributed by atoms with E-state index in [2.05, 4.69) is 20.9 Å². The Balaban J connectivity index is 2.03. The first-order valence-electron chi connectivity index (χ1n) is 4.73. The van der Waals surface area contributed by atoms with Crippen LogP contribution >= 0.6 is 15.9 Å². The van der Waals surface area contributed by atoms with Crippen LogP contribution in [0.1, 0.15) is 10.5 Å². The van der Waals surface area contributed by atoms with E-state index in [0.29, 0.717) is 23.4 Å². The number of hydrogen-bond donors (Lipinski definition) is 1. The molecule has 15 heavy (non-hydrogen) atoms. The van der Waals surface area contributed by atoms with Gasteiger partial charge in [-0.25, -0.2) is 4.98 Å². The van der Waals surface area contributed by atoms with Gasteiger partial charge < -0.3 is 10.0 Å². The van der Waals surface area contributed by atoms with Crippen molar-refractivity contribution in [3.8, 4) is 0 Å². The molecule has 2 heterocycles. The van der Waals surface area contributed by atoms with Gasteiger partial charge in [0.1, 0.15) is 10.3 Å². The van der Waals surface area contributed by atoms with Crippen molar-refractivity contribution in [3.05, 3.63) is 28.5 Å². The summed E-state index contributed by atoms with van der Waals surface area (Å²) < 4.78 is 0.660. The predicted octanol–water partition coefficient (Wildman–Crippen LogP) is 0.908. The summed E-state index contributed by atoms with van der Waals surface area (Å²) in [6, 6.07) is 5.26. The number of aliphatic hydroxyl groups is 1. The van der Waals surface area contributed by atoms with Gasteiger partial charge >= 0.3 is 0 Å². The third-order valence-corrected chi connectivity index (χ3v) is 2.88. The van der Waals surface area contributed by atoms with Crippen molar-refractivity contribution in [1.29, 1.82) is 0 Å². The van der Waals surface area contributed by atoms with Crippen molar-refractivity contribution in [3.63, 3.8) is 0 Å².